The van der Waals surface area contributed by atoms with Crippen molar-refractivity contribution >= 4 is 24.2 Å². The normalized spacial score (nSPS) is 10.2. The van der Waals surface area contributed by atoms with Gasteiger partial charge < -0.3 is 29.9 Å². The van der Waals surface area contributed by atoms with Gasteiger partial charge in [-0.1, -0.05) is 60.7 Å². The summed E-state index contributed by atoms with van der Waals surface area (Å²) < 4.78 is 10.4. The summed E-state index contributed by atoms with van der Waals surface area (Å²) in [6.07, 6.45) is 2.09. The number of aromatic hydroxyl groups is 4. The van der Waals surface area contributed by atoms with Crippen molar-refractivity contribution in [3.8, 4) is 56.8 Å². The Bertz CT molecular complexity index is 2290. The van der Waals surface area contributed by atoms with Crippen LogP contribution in [0.15, 0.2) is 138 Å². The Morgan fingerprint density at radius 3 is 1.56 bits per heavy atom. The van der Waals surface area contributed by atoms with Gasteiger partial charge in [0.25, 0.3) is 5.91 Å². The third kappa shape index (κ3) is 11.3. The molecule has 1 amide bonds. The van der Waals surface area contributed by atoms with Crippen molar-refractivity contribution in [2.45, 2.75) is 0 Å². The smallest absolute Gasteiger partial charge is 0.268 e. The van der Waals surface area contributed by atoms with E-state index < -0.39 is 5.91 Å². The van der Waals surface area contributed by atoms with Crippen LogP contribution in [0.3, 0.4) is 0 Å². The van der Waals surface area contributed by atoms with Crippen molar-refractivity contribution in [2.24, 2.45) is 10.8 Å². The van der Waals surface area contributed by atoms with Gasteiger partial charge in [0, 0.05) is 11.8 Å². The Morgan fingerprint density at radius 2 is 1.07 bits per heavy atom. The molecule has 0 aliphatic heterocycles. The van der Waals surface area contributed by atoms with Crippen LogP contribution < -0.4 is 20.7 Å². The number of phenols is 4. The fourth-order valence-corrected chi connectivity index (χ4v) is 5.04. The summed E-state index contributed by atoms with van der Waals surface area (Å²) in [6.45, 7) is -0.125. The van der Waals surface area contributed by atoms with E-state index in [0.29, 0.717) is 11.8 Å². The lowest BCUT2D eigenvalue weighted by molar-refractivity contribution is 0.0949. The Labute approximate surface area is 317 Å². The number of para-hydroxylation sites is 2. The highest BCUT2D eigenvalue weighted by Gasteiger charge is 2.10. The minimum absolute atomic E-state index is 0.00774. The maximum atomic E-state index is 12.1. The zero-order valence-electron chi connectivity index (χ0n) is 29.9. The number of hydrazine groups is 1. The minimum Gasteiger partial charge on any atom is -0.507 e. The number of aldehydes is 1. The van der Waals surface area contributed by atoms with Crippen LogP contribution in [0.1, 0.15) is 36.6 Å². The molecule has 0 aliphatic carbocycles. The maximum absolute atomic E-state index is 12.1. The van der Waals surface area contributed by atoms with E-state index in [1.165, 1.54) is 30.5 Å². The van der Waals surface area contributed by atoms with E-state index in [2.05, 4.69) is 4.99 Å². The fourth-order valence-electron chi connectivity index (χ4n) is 5.04. The second kappa shape index (κ2) is 20.0. The van der Waals surface area contributed by atoms with Crippen molar-refractivity contribution in [2.75, 3.05) is 20.8 Å². The summed E-state index contributed by atoms with van der Waals surface area (Å²) in [7, 11) is 3.21. The zero-order chi connectivity index (χ0) is 39.7. The number of hydrogen-bond donors (Lipinski definition) is 6. The first-order valence-corrected chi connectivity index (χ1v) is 16.6. The van der Waals surface area contributed by atoms with Gasteiger partial charge in [0.1, 0.15) is 41.0 Å². The molecule has 0 atom stereocenters. The number of carbonyl (C=O) groups excluding carboxylic acids is 3. The summed E-state index contributed by atoms with van der Waals surface area (Å²) in [6, 6.07) is 37.7. The number of methoxy groups -OCH3 is 2. The molecule has 0 aromatic heterocycles. The third-order valence-corrected chi connectivity index (χ3v) is 7.94. The number of ether oxygens (including phenoxy) is 2. The molecule has 12 heteroatoms. The van der Waals surface area contributed by atoms with Gasteiger partial charge in [0.2, 0.25) is 0 Å². The molecule has 0 aliphatic rings. The van der Waals surface area contributed by atoms with E-state index in [-0.39, 0.29) is 52.0 Å². The van der Waals surface area contributed by atoms with Crippen LogP contribution >= 0.6 is 0 Å². The number of phenolic OH excluding ortho intramolecular Hbond substituents is 4. The first-order chi connectivity index (χ1) is 26.6. The third-order valence-electron chi connectivity index (χ3n) is 7.94. The molecule has 0 fully saturated rings. The van der Waals surface area contributed by atoms with Crippen LogP contribution in [0.2, 0.25) is 0 Å². The maximum Gasteiger partial charge on any atom is 0.268 e. The van der Waals surface area contributed by atoms with Crippen LogP contribution in [0.4, 0.5) is 0 Å². The van der Waals surface area contributed by atoms with E-state index in [1.807, 2.05) is 54.0 Å². The predicted octanol–water partition coefficient (Wildman–Crippen LogP) is 6.95. The van der Waals surface area contributed by atoms with Gasteiger partial charge in [-0.15, -0.1) is 0 Å². The summed E-state index contributed by atoms with van der Waals surface area (Å²) in [5.41, 5.74) is 6.74. The van der Waals surface area contributed by atoms with Crippen molar-refractivity contribution in [3.05, 3.63) is 156 Å². The average molecular weight is 742 g/mol. The van der Waals surface area contributed by atoms with Gasteiger partial charge in [0.05, 0.1) is 30.9 Å². The molecule has 0 unspecified atom stereocenters. The van der Waals surface area contributed by atoms with Crippen molar-refractivity contribution in [1.29, 1.82) is 0 Å². The van der Waals surface area contributed by atoms with Gasteiger partial charge in [-0.25, -0.2) is 5.84 Å². The standard InChI is InChI=1S/C22H19NO4.C14H12O3.C7H8N2O2/c1-27-18-6-4-5-15(12-18)16-9-10-20(24)17(11-16)13-23-14-22(26)19-7-2-3-8-21(19)25;1-17-13-4-2-3-10(8-13)11-5-6-14(16)12(7-11)9-15;8-9-7(11)5-3-1-2-4-6(5)10/h2-13,24-25H,14H2,1H3;2-9,16H,1H3;1-4,10H,8H2,(H,9,11). The Hall–Kier alpha value is -7.44. The number of Topliss-reactive ketones (excluding diaryl/α,β-unsaturated/α-hetero) is 1. The topological polar surface area (TPSA) is 201 Å². The summed E-state index contributed by atoms with van der Waals surface area (Å²) in [5, 5.41) is 38.3. The van der Waals surface area contributed by atoms with E-state index >= 15 is 0 Å². The Kier molecular flexibility index (Phi) is 14.6. The molecule has 6 aromatic rings. The number of ketones is 1. The number of benzene rings is 6. The van der Waals surface area contributed by atoms with Gasteiger partial charge in [0.15, 0.2) is 12.1 Å². The van der Waals surface area contributed by atoms with Crippen LogP contribution in [-0.4, -0.2) is 65.4 Å². The fraction of sp³-hybridized carbons (Fsp3) is 0.0698. The monoisotopic (exact) mass is 741 g/mol. The zero-order valence-corrected chi connectivity index (χ0v) is 29.9. The average Bonchev–Trinajstić information content (AvgIpc) is 3.22. The van der Waals surface area contributed by atoms with Crippen molar-refractivity contribution in [1.82, 2.24) is 5.43 Å². The lowest BCUT2D eigenvalue weighted by Crippen LogP contribution is -2.29. The number of nitrogens with zero attached hydrogens (tertiary/aromatic N) is 1. The van der Waals surface area contributed by atoms with Gasteiger partial charge >= 0.3 is 0 Å². The van der Waals surface area contributed by atoms with Crippen molar-refractivity contribution in [3.63, 3.8) is 0 Å². The molecular weight excluding hydrogens is 702 g/mol. The number of aliphatic imine (C=N–C) groups is 1. The van der Waals surface area contributed by atoms with Crippen molar-refractivity contribution < 1.29 is 44.3 Å². The van der Waals surface area contributed by atoms with E-state index in [4.69, 9.17) is 20.4 Å². The van der Waals surface area contributed by atoms with Crippen LogP contribution in [0.5, 0.6) is 34.5 Å². The summed E-state index contributed by atoms with van der Waals surface area (Å²) >= 11 is 0. The lowest BCUT2D eigenvalue weighted by atomic mass is 10.0. The molecule has 0 bridgehead atoms. The molecule has 280 valence electrons. The molecule has 6 aromatic carbocycles. The van der Waals surface area contributed by atoms with Gasteiger partial charge in [-0.3, -0.25) is 24.8 Å². The number of nitrogen functional groups attached to an aromatic ring is 1. The number of amides is 1. The molecule has 6 rings (SSSR count). The minimum atomic E-state index is -0.497. The Balaban J connectivity index is 0.000000204. The first-order valence-electron chi connectivity index (χ1n) is 16.6. The number of hydrogen-bond acceptors (Lipinski definition) is 11. The SMILES string of the molecule is COc1cccc(-c2ccc(O)c(C=NCC(=O)c3ccccc3O)c2)c1.COc1cccc(-c2ccc(O)c(C=O)c2)c1.NNC(=O)c1ccccc1O. The quantitative estimate of drug-likeness (QED) is 0.0213. The van der Waals surface area contributed by atoms with Crippen LogP contribution in [0.25, 0.3) is 22.3 Å². The number of rotatable bonds is 10. The van der Waals surface area contributed by atoms with Gasteiger partial charge in [-0.05, 0) is 95.1 Å². The van der Waals surface area contributed by atoms with E-state index in [0.717, 1.165) is 33.8 Å². The molecule has 0 spiro atoms. The Morgan fingerprint density at radius 1 is 0.600 bits per heavy atom. The second-order valence-electron chi connectivity index (χ2n) is 11.5. The first kappa shape index (κ1) is 40.3. The van der Waals surface area contributed by atoms with E-state index in [1.54, 1.807) is 74.9 Å². The number of carbonyl (C=O) groups is 3. The second-order valence-corrected chi connectivity index (χ2v) is 11.5. The highest BCUT2D eigenvalue weighted by Crippen LogP contribution is 2.29. The molecule has 0 heterocycles. The number of nitrogens with two attached hydrogens (primary N) is 1. The molecule has 12 nitrogen and oxygen atoms in total. The van der Waals surface area contributed by atoms with E-state index in [9.17, 15) is 29.7 Å². The van der Waals surface area contributed by atoms with Crippen LogP contribution in [0, 0.1) is 0 Å². The lowest BCUT2D eigenvalue weighted by Gasteiger charge is -2.07. The summed E-state index contributed by atoms with van der Waals surface area (Å²) in [5.74, 6) is 5.48. The summed E-state index contributed by atoms with van der Waals surface area (Å²) in [4.78, 5) is 37.9. The highest BCUT2D eigenvalue weighted by atomic mass is 16.5. The predicted molar refractivity (Wildman–Crippen MR) is 210 cm³/mol. The van der Waals surface area contributed by atoms with Crippen LogP contribution in [-0.2, 0) is 0 Å². The highest BCUT2D eigenvalue weighted by molar-refractivity contribution is 6.01. The van der Waals surface area contributed by atoms with Gasteiger partial charge in [-0.2, -0.15) is 0 Å². The largest absolute Gasteiger partial charge is 0.507 e. The molecular formula is C43H39N3O9. The molecule has 0 saturated carbocycles. The molecule has 0 radical (unpaired) electrons. The molecule has 7 N–H and O–H groups in total. The molecule has 0 saturated heterocycles. The molecule has 55 heavy (non-hydrogen) atoms. The number of nitrogens with one attached hydrogen (secondary N) is 1.